The van der Waals surface area contributed by atoms with Crippen molar-refractivity contribution < 1.29 is 9.53 Å². The predicted octanol–water partition coefficient (Wildman–Crippen LogP) is 3.40. The molecule has 1 fully saturated rings. The summed E-state index contributed by atoms with van der Waals surface area (Å²) in [4.78, 5) is 19.3. The molecule has 2 rings (SSSR count). The molecule has 1 aliphatic heterocycles. The number of esters is 1. The first kappa shape index (κ1) is 14.3. The maximum absolute atomic E-state index is 11.7. The van der Waals surface area contributed by atoms with Gasteiger partial charge in [-0.2, -0.15) is 0 Å². The lowest BCUT2D eigenvalue weighted by Gasteiger charge is -2.28. The molecule has 4 nitrogen and oxygen atoms in total. The molecule has 2 heterocycles. The number of thiazole rings is 1. The van der Waals surface area contributed by atoms with Gasteiger partial charge in [0.25, 0.3) is 0 Å². The lowest BCUT2D eigenvalue weighted by atomic mass is 10.1. The molecule has 1 atom stereocenters. The first-order chi connectivity index (χ1) is 9.17. The summed E-state index contributed by atoms with van der Waals surface area (Å²) in [5.41, 5.74) is 0.783. The highest BCUT2D eigenvalue weighted by molar-refractivity contribution is 7.17. The summed E-state index contributed by atoms with van der Waals surface area (Å²) >= 11 is 1.47. The van der Waals surface area contributed by atoms with Gasteiger partial charge in [-0.25, -0.2) is 9.78 Å². The van der Waals surface area contributed by atoms with E-state index in [1.165, 1.54) is 44.1 Å². The summed E-state index contributed by atoms with van der Waals surface area (Å²) < 4.78 is 4.81. The van der Waals surface area contributed by atoms with Crippen molar-refractivity contribution in [2.75, 3.05) is 18.6 Å². The van der Waals surface area contributed by atoms with E-state index in [1.54, 1.807) is 0 Å². The molecule has 1 saturated heterocycles. The van der Waals surface area contributed by atoms with Gasteiger partial charge in [0.05, 0.1) is 12.8 Å². The number of ether oxygens (including phenoxy) is 1. The number of anilines is 1. The summed E-state index contributed by atoms with van der Waals surface area (Å²) in [6.07, 6.45) is 6.15. The summed E-state index contributed by atoms with van der Waals surface area (Å²) in [7, 11) is 1.42. The number of rotatable bonds is 3. The molecule has 0 bridgehead atoms. The lowest BCUT2D eigenvalue weighted by molar-refractivity contribution is 0.0605. The Morgan fingerprint density at radius 1 is 1.47 bits per heavy atom. The number of methoxy groups -OCH3 is 1. The number of aryl methyl sites for hydroxylation is 1. The van der Waals surface area contributed by atoms with Gasteiger partial charge in [-0.15, -0.1) is 0 Å². The average molecular weight is 282 g/mol. The number of hydrogen-bond donors (Lipinski definition) is 0. The Kier molecular flexibility index (Phi) is 4.80. The van der Waals surface area contributed by atoms with Crippen molar-refractivity contribution in [3.63, 3.8) is 0 Å². The van der Waals surface area contributed by atoms with E-state index in [0.717, 1.165) is 23.8 Å². The fraction of sp³-hybridized carbons (Fsp3) is 0.714. The molecule has 0 radical (unpaired) electrons. The molecule has 1 unspecified atom stereocenters. The van der Waals surface area contributed by atoms with E-state index >= 15 is 0 Å². The van der Waals surface area contributed by atoms with Gasteiger partial charge < -0.3 is 9.64 Å². The van der Waals surface area contributed by atoms with E-state index in [-0.39, 0.29) is 5.97 Å². The fourth-order valence-electron chi connectivity index (χ4n) is 2.64. The van der Waals surface area contributed by atoms with Crippen molar-refractivity contribution in [1.82, 2.24) is 4.98 Å². The van der Waals surface area contributed by atoms with Gasteiger partial charge in [0.1, 0.15) is 4.88 Å². The third-order valence-corrected chi connectivity index (χ3v) is 4.92. The maximum Gasteiger partial charge on any atom is 0.350 e. The molecule has 5 heteroatoms. The Labute approximate surface area is 118 Å². The Bertz CT molecular complexity index is 445. The zero-order chi connectivity index (χ0) is 13.8. The molecule has 0 aliphatic carbocycles. The van der Waals surface area contributed by atoms with Crippen LogP contribution in [0, 0.1) is 6.92 Å². The zero-order valence-corrected chi connectivity index (χ0v) is 12.8. The highest BCUT2D eigenvalue weighted by Crippen LogP contribution is 2.31. The monoisotopic (exact) mass is 282 g/mol. The van der Waals surface area contributed by atoms with Crippen molar-refractivity contribution in [1.29, 1.82) is 0 Å². The molecule has 106 valence electrons. The minimum atomic E-state index is -0.274. The Morgan fingerprint density at radius 2 is 2.26 bits per heavy atom. The van der Waals surface area contributed by atoms with E-state index in [4.69, 9.17) is 4.74 Å². The minimum absolute atomic E-state index is 0.274. The molecule has 0 N–H and O–H groups in total. The molecule has 1 aromatic heterocycles. The maximum atomic E-state index is 11.7. The smallest absolute Gasteiger partial charge is 0.350 e. The first-order valence-corrected chi connectivity index (χ1v) is 7.81. The van der Waals surface area contributed by atoms with E-state index in [2.05, 4.69) is 16.8 Å². The molecular formula is C14H22N2O2S. The van der Waals surface area contributed by atoms with E-state index in [9.17, 15) is 4.79 Å². The van der Waals surface area contributed by atoms with Crippen LogP contribution in [0.3, 0.4) is 0 Å². The van der Waals surface area contributed by atoms with Crippen LogP contribution in [0.5, 0.6) is 0 Å². The van der Waals surface area contributed by atoms with Crippen LogP contribution in [-0.2, 0) is 4.74 Å². The minimum Gasteiger partial charge on any atom is -0.465 e. The van der Waals surface area contributed by atoms with Gasteiger partial charge in [-0.3, -0.25) is 0 Å². The van der Waals surface area contributed by atoms with Crippen LogP contribution in [0.2, 0.25) is 0 Å². The third-order valence-electron chi connectivity index (χ3n) is 3.75. The molecule has 0 amide bonds. The van der Waals surface area contributed by atoms with Gasteiger partial charge in [0.15, 0.2) is 5.13 Å². The highest BCUT2D eigenvalue weighted by Gasteiger charge is 2.25. The molecular weight excluding hydrogens is 260 g/mol. The second-order valence-corrected chi connectivity index (χ2v) is 5.98. The van der Waals surface area contributed by atoms with E-state index < -0.39 is 0 Å². The van der Waals surface area contributed by atoms with Crippen LogP contribution < -0.4 is 4.90 Å². The summed E-state index contributed by atoms with van der Waals surface area (Å²) in [5.74, 6) is -0.274. The highest BCUT2D eigenvalue weighted by atomic mass is 32.1. The van der Waals surface area contributed by atoms with Crippen molar-refractivity contribution in [3.05, 3.63) is 10.6 Å². The molecule has 0 saturated carbocycles. The molecule has 1 aromatic rings. The first-order valence-electron chi connectivity index (χ1n) is 6.99. The van der Waals surface area contributed by atoms with Crippen LogP contribution in [0.25, 0.3) is 0 Å². The van der Waals surface area contributed by atoms with E-state index in [0.29, 0.717) is 10.9 Å². The second-order valence-electron chi connectivity index (χ2n) is 5.01. The number of carbonyl (C=O) groups is 1. The quantitative estimate of drug-likeness (QED) is 0.797. The van der Waals surface area contributed by atoms with Crippen molar-refractivity contribution in [2.24, 2.45) is 0 Å². The Morgan fingerprint density at radius 3 is 2.95 bits per heavy atom. The van der Waals surface area contributed by atoms with Crippen LogP contribution in [-0.4, -0.2) is 30.6 Å². The average Bonchev–Trinajstić information content (AvgIpc) is 2.65. The molecule has 1 aliphatic rings. The van der Waals surface area contributed by atoms with Gasteiger partial charge in [0.2, 0.25) is 0 Å². The standard InChI is InChI=1S/C14H22N2O2S/c1-4-11-8-6-5-7-9-16(11)14-15-10(2)12(19-14)13(17)18-3/h11H,4-9H2,1-3H3. The molecule has 0 spiro atoms. The van der Waals surface area contributed by atoms with Crippen molar-refractivity contribution in [3.8, 4) is 0 Å². The third kappa shape index (κ3) is 3.08. The number of carbonyl (C=O) groups excluding carboxylic acids is 1. The van der Waals surface area contributed by atoms with Crippen LogP contribution >= 0.6 is 11.3 Å². The van der Waals surface area contributed by atoms with Crippen molar-refractivity contribution >= 4 is 22.4 Å². The summed E-state index contributed by atoms with van der Waals surface area (Å²) in [5, 5.41) is 0.978. The lowest BCUT2D eigenvalue weighted by Crippen LogP contribution is -2.34. The van der Waals surface area contributed by atoms with Crippen LogP contribution in [0.1, 0.15) is 54.4 Å². The predicted molar refractivity (Wildman–Crippen MR) is 78.1 cm³/mol. The number of aromatic nitrogens is 1. The normalized spacial score (nSPS) is 20.2. The van der Waals surface area contributed by atoms with E-state index in [1.807, 2.05) is 6.92 Å². The van der Waals surface area contributed by atoms with Gasteiger partial charge in [-0.05, 0) is 26.2 Å². The molecule has 0 aromatic carbocycles. The zero-order valence-electron chi connectivity index (χ0n) is 11.9. The van der Waals surface area contributed by atoms with Gasteiger partial charge in [-0.1, -0.05) is 31.1 Å². The second kappa shape index (κ2) is 6.37. The number of hydrogen-bond acceptors (Lipinski definition) is 5. The molecule has 19 heavy (non-hydrogen) atoms. The largest absolute Gasteiger partial charge is 0.465 e. The Hall–Kier alpha value is -1.10. The Balaban J connectivity index is 2.26. The number of nitrogens with zero attached hydrogens (tertiary/aromatic N) is 2. The summed E-state index contributed by atoms with van der Waals surface area (Å²) in [6.45, 7) is 5.15. The van der Waals surface area contributed by atoms with Crippen LogP contribution in [0.15, 0.2) is 0 Å². The topological polar surface area (TPSA) is 42.4 Å². The fourth-order valence-corrected chi connectivity index (χ4v) is 3.72. The SMILES string of the molecule is CCC1CCCCCN1c1nc(C)c(C(=O)OC)s1. The summed E-state index contributed by atoms with van der Waals surface area (Å²) in [6, 6.07) is 0.554. The van der Waals surface area contributed by atoms with Crippen LogP contribution in [0.4, 0.5) is 5.13 Å². The van der Waals surface area contributed by atoms with Crippen molar-refractivity contribution in [2.45, 2.75) is 52.0 Å². The van der Waals surface area contributed by atoms with Gasteiger partial charge >= 0.3 is 5.97 Å². The van der Waals surface area contributed by atoms with Gasteiger partial charge in [0, 0.05) is 12.6 Å².